The second kappa shape index (κ2) is 8.72. The van der Waals surface area contributed by atoms with Crippen molar-refractivity contribution in [3.8, 4) is 0 Å². The molecule has 0 aromatic carbocycles. The standard InChI is InChI=1S/C14H22N2O2S/c1-3-4-5-8-15-14(18)16-11(2)10-12(17)13-7-6-9-19-13/h3-4,6-7,9,11-12,17H,5,8,10H2,1-2H3,(H2,15,16,18)/b4-3+. The summed E-state index contributed by atoms with van der Waals surface area (Å²) in [4.78, 5) is 12.5. The van der Waals surface area contributed by atoms with Crippen molar-refractivity contribution >= 4 is 17.4 Å². The molecule has 5 heteroatoms. The van der Waals surface area contributed by atoms with E-state index in [1.807, 2.05) is 43.5 Å². The molecule has 0 aliphatic carbocycles. The number of thiophene rings is 1. The second-order valence-electron chi connectivity index (χ2n) is 4.43. The first-order valence-corrected chi connectivity index (χ1v) is 7.38. The van der Waals surface area contributed by atoms with Crippen LogP contribution >= 0.6 is 11.3 Å². The highest BCUT2D eigenvalue weighted by atomic mass is 32.1. The molecule has 0 aliphatic rings. The first-order chi connectivity index (χ1) is 9.13. The lowest BCUT2D eigenvalue weighted by molar-refractivity contribution is 0.158. The molecule has 4 nitrogen and oxygen atoms in total. The highest BCUT2D eigenvalue weighted by Crippen LogP contribution is 2.22. The predicted molar refractivity (Wildman–Crippen MR) is 79.3 cm³/mol. The minimum absolute atomic E-state index is 0.0705. The number of aliphatic hydroxyl groups is 1. The Morgan fingerprint density at radius 3 is 3.00 bits per heavy atom. The molecule has 3 N–H and O–H groups in total. The predicted octanol–water partition coefficient (Wildman–Crippen LogP) is 2.83. The topological polar surface area (TPSA) is 61.4 Å². The first-order valence-electron chi connectivity index (χ1n) is 6.50. The summed E-state index contributed by atoms with van der Waals surface area (Å²) < 4.78 is 0. The number of hydrogen-bond donors (Lipinski definition) is 3. The van der Waals surface area contributed by atoms with Gasteiger partial charge >= 0.3 is 6.03 Å². The summed E-state index contributed by atoms with van der Waals surface area (Å²) in [5.41, 5.74) is 0. The maximum absolute atomic E-state index is 11.6. The Bertz CT molecular complexity index is 390. The molecule has 0 saturated carbocycles. The molecule has 1 heterocycles. The summed E-state index contributed by atoms with van der Waals surface area (Å²) in [6, 6.07) is 3.56. The van der Waals surface area contributed by atoms with Gasteiger partial charge in [0.25, 0.3) is 0 Å². The van der Waals surface area contributed by atoms with Crippen LogP contribution in [0.3, 0.4) is 0 Å². The Kier molecular flexibility index (Phi) is 7.22. The van der Waals surface area contributed by atoms with Crippen molar-refractivity contribution in [1.82, 2.24) is 10.6 Å². The minimum atomic E-state index is -0.515. The van der Waals surface area contributed by atoms with Crippen molar-refractivity contribution in [2.45, 2.75) is 38.8 Å². The van der Waals surface area contributed by atoms with Gasteiger partial charge in [0.2, 0.25) is 0 Å². The van der Waals surface area contributed by atoms with Crippen molar-refractivity contribution in [2.75, 3.05) is 6.54 Å². The molecule has 106 valence electrons. The molecule has 2 atom stereocenters. The zero-order chi connectivity index (χ0) is 14.1. The maximum Gasteiger partial charge on any atom is 0.315 e. The molecular formula is C14H22N2O2S. The van der Waals surface area contributed by atoms with Gasteiger partial charge in [-0.15, -0.1) is 11.3 Å². The lowest BCUT2D eigenvalue weighted by Crippen LogP contribution is -2.41. The summed E-state index contributed by atoms with van der Waals surface area (Å²) in [7, 11) is 0. The van der Waals surface area contributed by atoms with E-state index in [9.17, 15) is 9.90 Å². The van der Waals surface area contributed by atoms with Crippen LogP contribution in [-0.2, 0) is 0 Å². The molecule has 1 aromatic rings. The van der Waals surface area contributed by atoms with Gasteiger partial charge in [0, 0.05) is 17.5 Å². The van der Waals surface area contributed by atoms with Crippen molar-refractivity contribution in [1.29, 1.82) is 0 Å². The maximum atomic E-state index is 11.6. The molecule has 2 amide bonds. The van der Waals surface area contributed by atoms with E-state index in [-0.39, 0.29) is 12.1 Å². The van der Waals surface area contributed by atoms with Gasteiger partial charge in [-0.25, -0.2) is 4.79 Å². The van der Waals surface area contributed by atoms with Gasteiger partial charge in [-0.3, -0.25) is 0 Å². The summed E-state index contributed by atoms with van der Waals surface area (Å²) >= 11 is 1.53. The van der Waals surface area contributed by atoms with Gasteiger partial charge < -0.3 is 15.7 Å². The van der Waals surface area contributed by atoms with Crippen LogP contribution in [0.15, 0.2) is 29.7 Å². The summed E-state index contributed by atoms with van der Waals surface area (Å²) in [6.07, 6.45) is 4.79. The van der Waals surface area contributed by atoms with Gasteiger partial charge in [0.1, 0.15) is 0 Å². The van der Waals surface area contributed by atoms with Gasteiger partial charge in [-0.1, -0.05) is 18.2 Å². The fourth-order valence-corrected chi connectivity index (χ4v) is 2.43. The first kappa shape index (κ1) is 15.7. The monoisotopic (exact) mass is 282 g/mol. The Morgan fingerprint density at radius 2 is 2.37 bits per heavy atom. The van der Waals surface area contributed by atoms with Crippen LogP contribution in [0.1, 0.15) is 37.7 Å². The minimum Gasteiger partial charge on any atom is -0.387 e. The normalized spacial score (nSPS) is 14.3. The van der Waals surface area contributed by atoms with Crippen LogP contribution in [0.2, 0.25) is 0 Å². The molecule has 0 spiro atoms. The number of carbonyl (C=O) groups is 1. The van der Waals surface area contributed by atoms with Crippen LogP contribution < -0.4 is 10.6 Å². The SMILES string of the molecule is C/C=C/CCNC(=O)NC(C)CC(O)c1cccs1. The van der Waals surface area contributed by atoms with E-state index < -0.39 is 6.10 Å². The Balaban J connectivity index is 2.23. The molecule has 2 unspecified atom stereocenters. The van der Waals surface area contributed by atoms with E-state index in [2.05, 4.69) is 10.6 Å². The van der Waals surface area contributed by atoms with Crippen molar-refractivity contribution < 1.29 is 9.90 Å². The van der Waals surface area contributed by atoms with Crippen molar-refractivity contribution in [3.63, 3.8) is 0 Å². The third-order valence-electron chi connectivity index (χ3n) is 2.66. The second-order valence-corrected chi connectivity index (χ2v) is 5.41. The Morgan fingerprint density at radius 1 is 1.58 bits per heavy atom. The highest BCUT2D eigenvalue weighted by Gasteiger charge is 2.14. The van der Waals surface area contributed by atoms with Gasteiger partial charge in [0.05, 0.1) is 6.10 Å². The van der Waals surface area contributed by atoms with Gasteiger partial charge in [-0.2, -0.15) is 0 Å². The zero-order valence-corrected chi connectivity index (χ0v) is 12.2. The average molecular weight is 282 g/mol. The summed E-state index contributed by atoms with van der Waals surface area (Å²) in [6.45, 7) is 4.47. The van der Waals surface area contributed by atoms with Gasteiger partial charge in [-0.05, 0) is 38.1 Å². The highest BCUT2D eigenvalue weighted by molar-refractivity contribution is 7.10. The van der Waals surface area contributed by atoms with Crippen molar-refractivity contribution in [2.24, 2.45) is 0 Å². The molecular weight excluding hydrogens is 260 g/mol. The fourth-order valence-electron chi connectivity index (χ4n) is 1.70. The van der Waals surface area contributed by atoms with E-state index in [4.69, 9.17) is 0 Å². The van der Waals surface area contributed by atoms with Crippen LogP contribution in [0.5, 0.6) is 0 Å². The molecule has 19 heavy (non-hydrogen) atoms. The lowest BCUT2D eigenvalue weighted by Gasteiger charge is -2.17. The number of urea groups is 1. The lowest BCUT2D eigenvalue weighted by atomic mass is 10.1. The van der Waals surface area contributed by atoms with Crippen LogP contribution in [0, 0.1) is 0 Å². The quantitative estimate of drug-likeness (QED) is 0.532. The fraction of sp³-hybridized carbons (Fsp3) is 0.500. The van der Waals surface area contributed by atoms with Crippen molar-refractivity contribution in [3.05, 3.63) is 34.5 Å². The van der Waals surface area contributed by atoms with E-state index in [0.717, 1.165) is 11.3 Å². The van der Waals surface area contributed by atoms with Crippen LogP contribution in [0.25, 0.3) is 0 Å². The average Bonchev–Trinajstić information content (AvgIpc) is 2.88. The molecule has 1 aromatic heterocycles. The summed E-state index contributed by atoms with van der Waals surface area (Å²) in [5, 5.41) is 17.5. The zero-order valence-electron chi connectivity index (χ0n) is 11.4. The molecule has 0 aliphatic heterocycles. The van der Waals surface area contributed by atoms with Gasteiger partial charge in [0.15, 0.2) is 0 Å². The van der Waals surface area contributed by atoms with E-state index >= 15 is 0 Å². The smallest absolute Gasteiger partial charge is 0.315 e. The number of rotatable bonds is 7. The summed E-state index contributed by atoms with van der Waals surface area (Å²) in [5.74, 6) is 0. The molecule has 0 saturated heterocycles. The van der Waals surface area contributed by atoms with E-state index in [1.165, 1.54) is 11.3 Å². The Hall–Kier alpha value is -1.33. The molecule has 0 radical (unpaired) electrons. The van der Waals surface area contributed by atoms with E-state index in [0.29, 0.717) is 13.0 Å². The van der Waals surface area contributed by atoms with Crippen LogP contribution in [-0.4, -0.2) is 23.7 Å². The largest absolute Gasteiger partial charge is 0.387 e. The number of carbonyl (C=O) groups excluding carboxylic acids is 1. The number of aliphatic hydroxyl groups excluding tert-OH is 1. The van der Waals surface area contributed by atoms with Crippen LogP contribution in [0.4, 0.5) is 4.79 Å². The number of nitrogens with one attached hydrogen (secondary N) is 2. The Labute approximate surface area is 118 Å². The molecule has 0 fully saturated rings. The third-order valence-corrected chi connectivity index (χ3v) is 3.63. The third kappa shape index (κ3) is 6.40. The molecule has 0 bridgehead atoms. The molecule has 1 rings (SSSR count). The number of amides is 2. The number of allylic oxidation sites excluding steroid dienone is 1. The van der Waals surface area contributed by atoms with E-state index in [1.54, 1.807) is 0 Å². The number of hydrogen-bond acceptors (Lipinski definition) is 3.